The van der Waals surface area contributed by atoms with Gasteiger partial charge in [-0.25, -0.2) is 8.78 Å². The predicted octanol–water partition coefficient (Wildman–Crippen LogP) is 3.04. The quantitative estimate of drug-likeness (QED) is 0.573. The summed E-state index contributed by atoms with van der Waals surface area (Å²) >= 11 is 2.97. The van der Waals surface area contributed by atoms with Crippen molar-refractivity contribution in [2.24, 2.45) is 0 Å². The van der Waals surface area contributed by atoms with E-state index in [9.17, 15) is 8.78 Å². The minimum Gasteiger partial charge on any atom is -0.207 e. The van der Waals surface area contributed by atoms with Gasteiger partial charge in [0.15, 0.2) is 0 Å². The van der Waals surface area contributed by atoms with E-state index in [0.29, 0.717) is 10.0 Å². The summed E-state index contributed by atoms with van der Waals surface area (Å²) in [6.45, 7) is 1.64. The largest absolute Gasteiger partial charge is 0.207 e. The third kappa shape index (κ3) is 1.34. The second-order valence-electron chi connectivity index (χ2n) is 2.02. The Balaban J connectivity index is 3.31. The molecule has 0 aromatic heterocycles. The molecule has 0 saturated carbocycles. The van der Waals surface area contributed by atoms with E-state index in [4.69, 9.17) is 0 Å². The van der Waals surface area contributed by atoms with Gasteiger partial charge < -0.3 is 0 Å². The lowest BCUT2D eigenvalue weighted by Crippen LogP contribution is -1.84. The zero-order valence-corrected chi connectivity index (χ0v) is 6.87. The van der Waals surface area contributed by atoms with Crippen LogP contribution in [0.15, 0.2) is 16.6 Å². The fourth-order valence-corrected chi connectivity index (χ4v) is 0.914. The first-order chi connectivity index (χ1) is 4.61. The van der Waals surface area contributed by atoms with Crippen LogP contribution in [0.4, 0.5) is 8.78 Å². The summed E-state index contributed by atoms with van der Waals surface area (Å²) in [7, 11) is 0. The van der Waals surface area contributed by atoms with Gasteiger partial charge in [0, 0.05) is 6.07 Å². The van der Waals surface area contributed by atoms with E-state index in [0.717, 1.165) is 6.07 Å². The van der Waals surface area contributed by atoms with Crippen molar-refractivity contribution < 1.29 is 8.78 Å². The number of benzene rings is 1. The zero-order valence-electron chi connectivity index (χ0n) is 5.29. The van der Waals surface area contributed by atoms with Gasteiger partial charge in [0.25, 0.3) is 0 Å². The Kier molecular flexibility index (Phi) is 2.04. The summed E-state index contributed by atoms with van der Waals surface area (Å²) in [5, 5.41) is 0. The molecule has 0 aliphatic rings. The van der Waals surface area contributed by atoms with Crippen LogP contribution in [-0.4, -0.2) is 0 Å². The van der Waals surface area contributed by atoms with Crippen LogP contribution in [0.5, 0.6) is 0 Å². The lowest BCUT2D eigenvalue weighted by molar-refractivity contribution is 0.577. The molecule has 0 unspecified atom stereocenters. The average molecular weight is 207 g/mol. The lowest BCUT2D eigenvalue weighted by atomic mass is 10.2. The van der Waals surface area contributed by atoms with E-state index in [1.54, 1.807) is 6.92 Å². The van der Waals surface area contributed by atoms with Gasteiger partial charge in [-0.1, -0.05) is 0 Å². The molecule has 54 valence electrons. The Hall–Kier alpha value is -0.440. The molecule has 10 heavy (non-hydrogen) atoms. The fourth-order valence-electron chi connectivity index (χ4n) is 0.685. The minimum absolute atomic E-state index is 0.328. The van der Waals surface area contributed by atoms with Gasteiger partial charge in [0.05, 0.1) is 4.47 Å². The molecular formula is C7H5BrF2. The van der Waals surface area contributed by atoms with Crippen LogP contribution in [0.1, 0.15) is 5.56 Å². The summed E-state index contributed by atoms with van der Waals surface area (Å²) < 4.78 is 25.2. The van der Waals surface area contributed by atoms with Crippen LogP contribution in [0.2, 0.25) is 0 Å². The van der Waals surface area contributed by atoms with Crippen molar-refractivity contribution >= 4 is 15.9 Å². The van der Waals surface area contributed by atoms with Crippen molar-refractivity contribution in [3.8, 4) is 0 Å². The van der Waals surface area contributed by atoms with Crippen LogP contribution in [0, 0.1) is 18.6 Å². The van der Waals surface area contributed by atoms with Crippen molar-refractivity contribution in [2.45, 2.75) is 6.92 Å². The van der Waals surface area contributed by atoms with Crippen molar-refractivity contribution in [3.05, 3.63) is 33.8 Å². The lowest BCUT2D eigenvalue weighted by Gasteiger charge is -1.97. The minimum atomic E-state index is -0.558. The molecule has 1 rings (SSSR count). The van der Waals surface area contributed by atoms with Crippen molar-refractivity contribution in [2.75, 3.05) is 0 Å². The first kappa shape index (κ1) is 7.66. The van der Waals surface area contributed by atoms with Crippen molar-refractivity contribution in [3.63, 3.8) is 0 Å². The van der Waals surface area contributed by atoms with E-state index in [1.807, 2.05) is 0 Å². The van der Waals surface area contributed by atoms with Crippen LogP contribution >= 0.6 is 15.9 Å². The highest BCUT2D eigenvalue weighted by atomic mass is 79.9. The van der Waals surface area contributed by atoms with E-state index in [-0.39, 0.29) is 0 Å². The topological polar surface area (TPSA) is 0 Å². The highest BCUT2D eigenvalue weighted by molar-refractivity contribution is 9.10. The van der Waals surface area contributed by atoms with Gasteiger partial charge in [-0.15, -0.1) is 0 Å². The molecule has 0 radical (unpaired) electrons. The molecule has 0 fully saturated rings. The number of halogens is 3. The molecule has 0 nitrogen and oxygen atoms in total. The molecule has 0 spiro atoms. The molecule has 0 bridgehead atoms. The number of hydrogen-bond donors (Lipinski definition) is 0. The normalized spacial score (nSPS) is 10.0. The molecule has 3 heteroatoms. The predicted molar refractivity (Wildman–Crippen MR) is 38.8 cm³/mol. The SMILES string of the molecule is Cc1cc(F)cc(F)c1Br. The maximum absolute atomic E-state index is 12.6. The highest BCUT2D eigenvalue weighted by Crippen LogP contribution is 2.20. The standard InChI is InChI=1S/C7H5BrF2/c1-4-2-5(9)3-6(10)7(4)8/h2-3H,1H3. The molecule has 0 aliphatic carbocycles. The highest BCUT2D eigenvalue weighted by Gasteiger charge is 2.03. The van der Waals surface area contributed by atoms with Gasteiger partial charge in [-0.3, -0.25) is 0 Å². The maximum atomic E-state index is 12.6. The Morgan fingerprint density at radius 3 is 2.40 bits per heavy atom. The molecular weight excluding hydrogens is 202 g/mol. The van der Waals surface area contributed by atoms with Crippen LogP contribution in [0.25, 0.3) is 0 Å². The Bertz CT molecular complexity index is 235. The monoisotopic (exact) mass is 206 g/mol. The van der Waals surface area contributed by atoms with Gasteiger partial charge in [-0.05, 0) is 34.5 Å². The number of hydrogen-bond acceptors (Lipinski definition) is 0. The second kappa shape index (κ2) is 2.66. The van der Waals surface area contributed by atoms with Gasteiger partial charge in [0.1, 0.15) is 11.6 Å². The van der Waals surface area contributed by atoms with Gasteiger partial charge >= 0.3 is 0 Å². The van der Waals surface area contributed by atoms with Gasteiger partial charge in [-0.2, -0.15) is 0 Å². The average Bonchev–Trinajstić information content (AvgIpc) is 1.82. The Labute approximate surface area is 66.0 Å². The number of rotatable bonds is 0. The fraction of sp³-hybridized carbons (Fsp3) is 0.143. The molecule has 0 saturated heterocycles. The van der Waals surface area contributed by atoms with Crippen LogP contribution in [0.3, 0.4) is 0 Å². The molecule has 0 atom stereocenters. The third-order valence-electron chi connectivity index (χ3n) is 1.17. The summed E-state index contributed by atoms with van der Waals surface area (Å²) in [6.07, 6.45) is 0. The Morgan fingerprint density at radius 1 is 1.30 bits per heavy atom. The maximum Gasteiger partial charge on any atom is 0.140 e. The summed E-state index contributed by atoms with van der Waals surface area (Å²) in [5.74, 6) is -1.10. The van der Waals surface area contributed by atoms with Crippen molar-refractivity contribution in [1.82, 2.24) is 0 Å². The molecule has 0 heterocycles. The Morgan fingerprint density at radius 2 is 1.90 bits per heavy atom. The summed E-state index contributed by atoms with van der Waals surface area (Å²) in [4.78, 5) is 0. The third-order valence-corrected chi connectivity index (χ3v) is 2.18. The second-order valence-corrected chi connectivity index (χ2v) is 2.81. The van der Waals surface area contributed by atoms with E-state index >= 15 is 0 Å². The zero-order chi connectivity index (χ0) is 7.72. The van der Waals surface area contributed by atoms with Crippen molar-refractivity contribution in [1.29, 1.82) is 0 Å². The molecule has 0 amide bonds. The molecule has 0 aliphatic heterocycles. The smallest absolute Gasteiger partial charge is 0.140 e. The summed E-state index contributed by atoms with van der Waals surface area (Å²) in [5.41, 5.74) is 0.567. The van der Waals surface area contributed by atoms with E-state index in [1.165, 1.54) is 6.07 Å². The molecule has 1 aromatic rings. The first-order valence-electron chi connectivity index (χ1n) is 2.72. The summed E-state index contributed by atoms with van der Waals surface area (Å²) in [6, 6.07) is 2.12. The van der Waals surface area contributed by atoms with Gasteiger partial charge in [0.2, 0.25) is 0 Å². The first-order valence-corrected chi connectivity index (χ1v) is 3.51. The van der Waals surface area contributed by atoms with E-state index < -0.39 is 11.6 Å². The van der Waals surface area contributed by atoms with Crippen LogP contribution < -0.4 is 0 Å². The number of aryl methyl sites for hydroxylation is 1. The molecule has 1 aromatic carbocycles. The van der Waals surface area contributed by atoms with Crippen LogP contribution in [-0.2, 0) is 0 Å². The van der Waals surface area contributed by atoms with E-state index in [2.05, 4.69) is 15.9 Å². The molecule has 0 N–H and O–H groups in total.